The van der Waals surface area contributed by atoms with E-state index in [-0.39, 0.29) is 11.4 Å². The maximum Gasteiger partial charge on any atom is 0.347 e. The smallest absolute Gasteiger partial charge is 0.347 e. The third-order valence-electron chi connectivity index (χ3n) is 3.23. The average molecular weight is 276 g/mol. The Morgan fingerprint density at radius 2 is 1.26 bits per heavy atom. The van der Waals surface area contributed by atoms with Crippen molar-refractivity contribution in [2.24, 2.45) is 10.8 Å². The maximum absolute atomic E-state index is 11.1. The van der Waals surface area contributed by atoms with Crippen molar-refractivity contribution in [2.45, 2.75) is 61.3 Å². The van der Waals surface area contributed by atoms with Crippen molar-refractivity contribution in [1.82, 2.24) is 0 Å². The van der Waals surface area contributed by atoms with Gasteiger partial charge in [-0.25, -0.2) is 4.79 Å². The van der Waals surface area contributed by atoms with Gasteiger partial charge >= 0.3 is 11.9 Å². The van der Waals surface area contributed by atoms with Crippen LogP contribution in [0, 0.1) is 10.8 Å². The highest BCUT2D eigenvalue weighted by Crippen LogP contribution is 2.21. The highest BCUT2D eigenvalue weighted by molar-refractivity contribution is 5.75. The fraction of sp³-hybridized carbons (Fsp3) is 0.857. The van der Waals surface area contributed by atoms with Gasteiger partial charge in [0.25, 0.3) is 0 Å². The average Bonchev–Trinajstić information content (AvgIpc) is 2.38. The quantitative estimate of drug-likeness (QED) is 0.473. The first kappa shape index (κ1) is 20.2. The van der Waals surface area contributed by atoms with Crippen molar-refractivity contribution < 1.29 is 24.5 Å². The summed E-state index contributed by atoms with van der Waals surface area (Å²) in [7, 11) is 0. The summed E-state index contributed by atoms with van der Waals surface area (Å²) in [6, 6.07) is 0. The molecule has 0 amide bonds. The van der Waals surface area contributed by atoms with Gasteiger partial charge < -0.3 is 9.62 Å². The van der Waals surface area contributed by atoms with E-state index in [2.05, 4.69) is 4.89 Å². The van der Waals surface area contributed by atoms with Gasteiger partial charge in [0, 0.05) is 0 Å². The highest BCUT2D eigenvalue weighted by Gasteiger charge is 2.27. The molecule has 0 saturated heterocycles. The topological polar surface area (TPSA) is 72.8 Å². The molecular weight excluding hydrogens is 248 g/mol. The van der Waals surface area contributed by atoms with E-state index in [1.807, 2.05) is 34.6 Å². The molecule has 0 aliphatic rings. The van der Waals surface area contributed by atoms with Gasteiger partial charge in [0.2, 0.25) is 0 Å². The summed E-state index contributed by atoms with van der Waals surface area (Å²) in [6.45, 7) is 13.4. The van der Waals surface area contributed by atoms with Crippen molar-refractivity contribution in [3.63, 3.8) is 0 Å². The van der Waals surface area contributed by atoms with Crippen LogP contribution in [-0.2, 0) is 19.2 Å². The first-order valence-electron chi connectivity index (χ1n) is 6.62. The van der Waals surface area contributed by atoms with Crippen LogP contribution in [0.5, 0.6) is 0 Å². The van der Waals surface area contributed by atoms with Crippen LogP contribution in [0.25, 0.3) is 0 Å². The second-order valence-electron chi connectivity index (χ2n) is 5.57. The molecule has 0 aromatic rings. The first-order chi connectivity index (χ1) is 8.58. The van der Waals surface area contributed by atoms with Gasteiger partial charge in [-0.1, -0.05) is 13.8 Å². The summed E-state index contributed by atoms with van der Waals surface area (Å²) in [5.74, 6) is -0.678. The predicted molar refractivity (Wildman–Crippen MR) is 73.5 cm³/mol. The molecule has 0 bridgehead atoms. The van der Waals surface area contributed by atoms with Crippen LogP contribution in [-0.4, -0.2) is 23.8 Å². The Balaban J connectivity index is 0. The lowest BCUT2D eigenvalue weighted by Gasteiger charge is -2.19. The summed E-state index contributed by atoms with van der Waals surface area (Å²) in [5.41, 5.74) is -0.870. The molecule has 114 valence electrons. The summed E-state index contributed by atoms with van der Waals surface area (Å²) in [5, 5.41) is 7.95. The number of hydrogen-bond acceptors (Lipinski definition) is 5. The van der Waals surface area contributed by atoms with Crippen molar-refractivity contribution in [2.75, 3.05) is 6.61 Å². The summed E-state index contributed by atoms with van der Waals surface area (Å²) in [4.78, 5) is 25.2. The van der Waals surface area contributed by atoms with Gasteiger partial charge in [-0.2, -0.15) is 5.26 Å². The van der Waals surface area contributed by atoms with Crippen LogP contribution in [0.1, 0.15) is 61.3 Å². The second kappa shape index (κ2) is 8.91. The predicted octanol–water partition coefficient (Wildman–Crippen LogP) is 3.42. The highest BCUT2D eigenvalue weighted by atomic mass is 17.1. The molecule has 0 aliphatic carbocycles. The SMILES string of the molecule is CCC(C)(C)C(=O)OO.CCOC(=O)C(C)(C)CC. The third kappa shape index (κ3) is 7.82. The molecule has 0 heterocycles. The minimum atomic E-state index is -0.579. The molecule has 1 N–H and O–H groups in total. The van der Waals surface area contributed by atoms with E-state index in [1.54, 1.807) is 13.8 Å². The Kier molecular flexibility index (Phi) is 9.48. The maximum atomic E-state index is 11.1. The third-order valence-corrected chi connectivity index (χ3v) is 3.23. The van der Waals surface area contributed by atoms with Gasteiger partial charge in [0.15, 0.2) is 0 Å². The Morgan fingerprint density at radius 1 is 0.895 bits per heavy atom. The zero-order valence-corrected chi connectivity index (χ0v) is 13.2. The lowest BCUT2D eigenvalue weighted by molar-refractivity contribution is -0.244. The monoisotopic (exact) mass is 276 g/mol. The van der Waals surface area contributed by atoms with E-state index < -0.39 is 11.4 Å². The number of hydrogen-bond donors (Lipinski definition) is 1. The van der Waals surface area contributed by atoms with E-state index in [4.69, 9.17) is 9.99 Å². The number of ether oxygens (including phenoxy) is 1. The van der Waals surface area contributed by atoms with Gasteiger partial charge in [-0.3, -0.25) is 4.79 Å². The van der Waals surface area contributed by atoms with E-state index in [9.17, 15) is 9.59 Å². The van der Waals surface area contributed by atoms with Crippen LogP contribution in [0.4, 0.5) is 0 Å². The minimum absolute atomic E-state index is 0.0995. The molecule has 5 heteroatoms. The molecule has 0 fully saturated rings. The summed E-state index contributed by atoms with van der Waals surface area (Å²) in [6.07, 6.45) is 1.48. The Bertz CT molecular complexity index is 282. The molecule has 0 aromatic heterocycles. The van der Waals surface area contributed by atoms with Crippen LogP contribution in [0.2, 0.25) is 0 Å². The van der Waals surface area contributed by atoms with Gasteiger partial charge in [0.1, 0.15) is 0 Å². The molecule has 0 aromatic carbocycles. The van der Waals surface area contributed by atoms with Crippen LogP contribution >= 0.6 is 0 Å². The van der Waals surface area contributed by atoms with E-state index in [0.29, 0.717) is 13.0 Å². The fourth-order valence-corrected chi connectivity index (χ4v) is 0.739. The zero-order valence-electron chi connectivity index (χ0n) is 13.2. The van der Waals surface area contributed by atoms with Gasteiger partial charge in [-0.05, 0) is 47.5 Å². The Hall–Kier alpha value is -1.10. The number of esters is 1. The van der Waals surface area contributed by atoms with Crippen LogP contribution < -0.4 is 0 Å². The van der Waals surface area contributed by atoms with E-state index >= 15 is 0 Å². The Morgan fingerprint density at radius 3 is 1.47 bits per heavy atom. The van der Waals surface area contributed by atoms with Crippen molar-refractivity contribution in [3.05, 3.63) is 0 Å². The normalized spacial score (nSPS) is 11.2. The van der Waals surface area contributed by atoms with Crippen LogP contribution in [0.15, 0.2) is 0 Å². The number of rotatable bonds is 5. The molecule has 0 rings (SSSR count). The molecule has 0 radical (unpaired) electrons. The molecule has 5 nitrogen and oxygen atoms in total. The van der Waals surface area contributed by atoms with Crippen molar-refractivity contribution >= 4 is 11.9 Å². The first-order valence-corrected chi connectivity index (χ1v) is 6.62. The molecular formula is C14H28O5. The zero-order chi connectivity index (χ0) is 15.7. The number of carbonyl (C=O) groups is 2. The molecule has 0 saturated carbocycles. The second-order valence-corrected chi connectivity index (χ2v) is 5.57. The molecule has 0 aliphatic heterocycles. The largest absolute Gasteiger partial charge is 0.466 e. The standard InChI is InChI=1S/C8H16O2.C6H12O3/c1-5-8(3,4)7(9)10-6-2;1-4-6(2,3)5(7)9-8/h5-6H2,1-4H3;8H,4H2,1-3H3. The lowest BCUT2D eigenvalue weighted by atomic mass is 9.91. The van der Waals surface area contributed by atoms with Crippen molar-refractivity contribution in [3.8, 4) is 0 Å². The lowest BCUT2D eigenvalue weighted by Crippen LogP contribution is -2.25. The van der Waals surface area contributed by atoms with Crippen molar-refractivity contribution in [1.29, 1.82) is 0 Å². The molecule has 0 unspecified atom stereocenters. The summed E-state index contributed by atoms with van der Waals surface area (Å²) >= 11 is 0. The molecule has 0 atom stereocenters. The van der Waals surface area contributed by atoms with Crippen LogP contribution in [0.3, 0.4) is 0 Å². The fourth-order valence-electron chi connectivity index (χ4n) is 0.739. The Labute approximate surface area is 116 Å². The number of carbonyl (C=O) groups excluding carboxylic acids is 2. The van der Waals surface area contributed by atoms with E-state index in [1.165, 1.54) is 0 Å². The molecule has 0 spiro atoms. The van der Waals surface area contributed by atoms with Gasteiger partial charge in [-0.15, -0.1) is 0 Å². The molecule has 19 heavy (non-hydrogen) atoms. The minimum Gasteiger partial charge on any atom is -0.466 e. The van der Waals surface area contributed by atoms with E-state index in [0.717, 1.165) is 6.42 Å². The van der Waals surface area contributed by atoms with Gasteiger partial charge in [0.05, 0.1) is 17.4 Å². The summed E-state index contributed by atoms with van der Waals surface area (Å²) < 4.78 is 4.86.